The maximum atomic E-state index is 10.9. The molecule has 0 spiro atoms. The third-order valence-corrected chi connectivity index (χ3v) is 3.90. The minimum atomic E-state index is -1.11. The molecule has 0 saturated carbocycles. The third-order valence-electron chi connectivity index (χ3n) is 3.90. The first-order valence-electron chi connectivity index (χ1n) is 8.13. The Bertz CT molecular complexity index is 392. The van der Waals surface area contributed by atoms with Gasteiger partial charge in [-0.2, -0.15) is 0 Å². The first kappa shape index (κ1) is 21.9. The fourth-order valence-corrected chi connectivity index (χ4v) is 2.54. The van der Waals surface area contributed by atoms with Gasteiger partial charge < -0.3 is 20.4 Å². The van der Waals surface area contributed by atoms with Crippen molar-refractivity contribution >= 4 is 23.9 Å². The smallest absolute Gasteiger partial charge is 0.307 e. The number of carboxylic acids is 4. The van der Waals surface area contributed by atoms with Crippen molar-refractivity contribution in [1.82, 2.24) is 0 Å². The van der Waals surface area contributed by atoms with Crippen LogP contribution < -0.4 is 0 Å². The Kier molecular flexibility index (Phi) is 11.2. The Hall–Kier alpha value is -2.12. The molecule has 0 saturated heterocycles. The van der Waals surface area contributed by atoms with Crippen LogP contribution in [0.1, 0.15) is 64.2 Å². The quantitative estimate of drug-likeness (QED) is 0.330. The van der Waals surface area contributed by atoms with Gasteiger partial charge >= 0.3 is 23.9 Å². The van der Waals surface area contributed by atoms with Crippen LogP contribution in [0.5, 0.6) is 0 Å². The SMILES string of the molecule is O=C(O)CC(CCCCCCCCC(CC(=O)O)C(=O)O)C(=O)O. The molecule has 8 nitrogen and oxygen atoms in total. The van der Waals surface area contributed by atoms with Crippen molar-refractivity contribution in [3.63, 3.8) is 0 Å². The molecule has 0 fully saturated rings. The van der Waals surface area contributed by atoms with Gasteiger partial charge in [0.25, 0.3) is 0 Å². The van der Waals surface area contributed by atoms with E-state index < -0.39 is 35.7 Å². The molecule has 0 amide bonds. The summed E-state index contributed by atoms with van der Waals surface area (Å²) in [5.74, 6) is -6.11. The normalized spacial score (nSPS) is 13.2. The van der Waals surface area contributed by atoms with E-state index in [4.69, 9.17) is 20.4 Å². The zero-order valence-corrected chi connectivity index (χ0v) is 13.6. The second-order valence-corrected chi connectivity index (χ2v) is 5.96. The molecule has 0 aromatic heterocycles. The van der Waals surface area contributed by atoms with Crippen molar-refractivity contribution in [2.24, 2.45) is 11.8 Å². The summed E-state index contributed by atoms with van der Waals surface area (Å²) in [4.78, 5) is 42.9. The molecule has 0 aliphatic heterocycles. The fraction of sp³-hybridized carbons (Fsp3) is 0.750. The molecule has 2 unspecified atom stereocenters. The van der Waals surface area contributed by atoms with Gasteiger partial charge in [-0.3, -0.25) is 19.2 Å². The summed E-state index contributed by atoms with van der Waals surface area (Å²) in [6.07, 6.45) is 4.52. The molecule has 0 rings (SSSR count). The first-order chi connectivity index (χ1) is 11.2. The van der Waals surface area contributed by atoms with Gasteiger partial charge in [0, 0.05) is 0 Å². The zero-order chi connectivity index (χ0) is 18.5. The average molecular weight is 346 g/mol. The molecule has 24 heavy (non-hydrogen) atoms. The van der Waals surface area contributed by atoms with Gasteiger partial charge in [-0.1, -0.05) is 38.5 Å². The van der Waals surface area contributed by atoms with Gasteiger partial charge in [-0.05, 0) is 12.8 Å². The van der Waals surface area contributed by atoms with Crippen molar-refractivity contribution < 1.29 is 39.6 Å². The van der Waals surface area contributed by atoms with Crippen LogP contribution in [-0.4, -0.2) is 44.3 Å². The number of carbonyl (C=O) groups is 4. The van der Waals surface area contributed by atoms with E-state index in [-0.39, 0.29) is 12.8 Å². The van der Waals surface area contributed by atoms with Crippen molar-refractivity contribution in [1.29, 1.82) is 0 Å². The minimum absolute atomic E-state index is 0.335. The van der Waals surface area contributed by atoms with E-state index in [1.807, 2.05) is 0 Å². The van der Waals surface area contributed by atoms with E-state index >= 15 is 0 Å². The molecule has 0 aromatic carbocycles. The third kappa shape index (κ3) is 11.4. The Morgan fingerprint density at radius 1 is 0.542 bits per heavy atom. The van der Waals surface area contributed by atoms with Crippen LogP contribution in [0.2, 0.25) is 0 Å². The number of unbranched alkanes of at least 4 members (excludes halogenated alkanes) is 5. The first-order valence-corrected chi connectivity index (χ1v) is 8.13. The van der Waals surface area contributed by atoms with E-state index in [0.717, 1.165) is 25.7 Å². The van der Waals surface area contributed by atoms with Gasteiger partial charge in [-0.15, -0.1) is 0 Å². The number of carboxylic acid groups (broad SMARTS) is 4. The number of hydrogen-bond acceptors (Lipinski definition) is 4. The van der Waals surface area contributed by atoms with Crippen LogP contribution in [0.3, 0.4) is 0 Å². The van der Waals surface area contributed by atoms with E-state index in [1.54, 1.807) is 0 Å². The van der Waals surface area contributed by atoms with Gasteiger partial charge in [0.1, 0.15) is 0 Å². The Balaban J connectivity index is 3.75. The van der Waals surface area contributed by atoms with Crippen LogP contribution in [0, 0.1) is 11.8 Å². The van der Waals surface area contributed by atoms with E-state index in [9.17, 15) is 19.2 Å². The van der Waals surface area contributed by atoms with Gasteiger partial charge in [-0.25, -0.2) is 0 Å². The van der Waals surface area contributed by atoms with Crippen LogP contribution >= 0.6 is 0 Å². The van der Waals surface area contributed by atoms with Crippen molar-refractivity contribution in [3.05, 3.63) is 0 Å². The molecule has 0 bridgehead atoms. The van der Waals surface area contributed by atoms with Gasteiger partial charge in [0.05, 0.1) is 24.7 Å². The predicted octanol–water partition coefficient (Wildman–Crippen LogP) is 2.46. The maximum absolute atomic E-state index is 10.9. The average Bonchev–Trinajstić information content (AvgIpc) is 2.46. The molecule has 2 atom stereocenters. The summed E-state index contributed by atoms with van der Waals surface area (Å²) >= 11 is 0. The Morgan fingerprint density at radius 2 is 0.833 bits per heavy atom. The predicted molar refractivity (Wildman–Crippen MR) is 83.7 cm³/mol. The monoisotopic (exact) mass is 346 g/mol. The molecule has 0 aliphatic carbocycles. The summed E-state index contributed by atoms with van der Waals surface area (Å²) in [5, 5.41) is 35.1. The lowest BCUT2D eigenvalue weighted by Gasteiger charge is -2.10. The largest absolute Gasteiger partial charge is 0.481 e. The molecule has 0 aliphatic rings. The summed E-state index contributed by atoms with van der Waals surface area (Å²) in [6.45, 7) is 0. The summed E-state index contributed by atoms with van der Waals surface area (Å²) < 4.78 is 0. The summed E-state index contributed by atoms with van der Waals surface area (Å²) in [6, 6.07) is 0. The van der Waals surface area contributed by atoms with Crippen LogP contribution in [-0.2, 0) is 19.2 Å². The number of aliphatic carboxylic acids is 4. The van der Waals surface area contributed by atoms with Gasteiger partial charge in [0.2, 0.25) is 0 Å². The topological polar surface area (TPSA) is 149 Å². The highest BCUT2D eigenvalue weighted by Gasteiger charge is 2.21. The van der Waals surface area contributed by atoms with Crippen molar-refractivity contribution in [2.45, 2.75) is 64.2 Å². The standard InChI is InChI=1S/C16H26O8/c17-13(18)9-11(15(21)22)7-5-3-1-2-4-6-8-12(16(23)24)10-14(19)20/h11-12H,1-10H2,(H,17,18)(H,19,20)(H,21,22)(H,23,24). The van der Waals surface area contributed by atoms with E-state index in [2.05, 4.69) is 0 Å². The minimum Gasteiger partial charge on any atom is -0.481 e. The second-order valence-electron chi connectivity index (χ2n) is 5.96. The summed E-state index contributed by atoms with van der Waals surface area (Å²) in [5.41, 5.74) is 0. The van der Waals surface area contributed by atoms with Crippen LogP contribution in [0.4, 0.5) is 0 Å². The lowest BCUT2D eigenvalue weighted by Crippen LogP contribution is -2.17. The van der Waals surface area contributed by atoms with Crippen LogP contribution in [0.15, 0.2) is 0 Å². The van der Waals surface area contributed by atoms with E-state index in [1.165, 1.54) is 0 Å². The number of rotatable bonds is 15. The molecule has 0 radical (unpaired) electrons. The molecule has 0 heterocycles. The maximum Gasteiger partial charge on any atom is 0.307 e. The van der Waals surface area contributed by atoms with Crippen molar-refractivity contribution in [3.8, 4) is 0 Å². The van der Waals surface area contributed by atoms with Gasteiger partial charge in [0.15, 0.2) is 0 Å². The molecular weight excluding hydrogens is 320 g/mol. The van der Waals surface area contributed by atoms with Crippen molar-refractivity contribution in [2.75, 3.05) is 0 Å². The lowest BCUT2D eigenvalue weighted by atomic mass is 9.96. The molecule has 8 heteroatoms. The highest BCUT2D eigenvalue weighted by molar-refractivity contribution is 5.78. The lowest BCUT2D eigenvalue weighted by molar-refractivity contribution is -0.148. The highest BCUT2D eigenvalue weighted by atomic mass is 16.4. The van der Waals surface area contributed by atoms with Crippen LogP contribution in [0.25, 0.3) is 0 Å². The second kappa shape index (κ2) is 12.3. The molecule has 4 N–H and O–H groups in total. The number of hydrogen-bond donors (Lipinski definition) is 4. The zero-order valence-electron chi connectivity index (χ0n) is 13.6. The Labute approximate surface area is 140 Å². The highest BCUT2D eigenvalue weighted by Crippen LogP contribution is 2.18. The molecule has 0 aromatic rings. The molecular formula is C16H26O8. The molecule has 138 valence electrons. The Morgan fingerprint density at radius 3 is 1.08 bits per heavy atom. The van der Waals surface area contributed by atoms with E-state index in [0.29, 0.717) is 25.7 Å². The summed E-state index contributed by atoms with van der Waals surface area (Å²) in [7, 11) is 0. The fourth-order valence-electron chi connectivity index (χ4n) is 2.54.